The Balaban J connectivity index is 4.02. The predicted molar refractivity (Wildman–Crippen MR) is 106 cm³/mol. The molecule has 0 aromatic carbocycles. The van der Waals surface area contributed by atoms with Gasteiger partial charge in [0.15, 0.2) is 0 Å². The molecule has 0 saturated carbocycles. The van der Waals surface area contributed by atoms with E-state index >= 15 is 0 Å². The van der Waals surface area contributed by atoms with Crippen molar-refractivity contribution in [3.63, 3.8) is 0 Å². The van der Waals surface area contributed by atoms with Crippen LogP contribution in [0.25, 0.3) is 0 Å². The molecule has 0 fully saturated rings. The van der Waals surface area contributed by atoms with Crippen molar-refractivity contribution in [3.05, 3.63) is 0 Å². The molecule has 0 aliphatic carbocycles. The van der Waals surface area contributed by atoms with Crippen LogP contribution in [0.2, 0.25) is 0 Å². The Morgan fingerprint density at radius 1 is 0.692 bits per heavy atom. The molecular formula is C18H34O6S2. The number of rotatable bonds is 15. The van der Waals surface area contributed by atoms with Gasteiger partial charge in [0.1, 0.15) is 23.0 Å². The summed E-state index contributed by atoms with van der Waals surface area (Å²) in [6.45, 7) is 7.91. The number of carbonyl (C=O) groups is 2. The van der Waals surface area contributed by atoms with Gasteiger partial charge in [-0.2, -0.15) is 0 Å². The molecule has 0 heterocycles. The minimum absolute atomic E-state index is 0.112. The van der Waals surface area contributed by atoms with Crippen molar-refractivity contribution in [2.45, 2.75) is 66.2 Å². The van der Waals surface area contributed by atoms with Crippen molar-refractivity contribution in [1.29, 1.82) is 0 Å². The van der Waals surface area contributed by atoms with E-state index < -0.39 is 34.3 Å². The molecule has 0 rings (SSSR count). The molecule has 154 valence electrons. The lowest BCUT2D eigenvalue weighted by molar-refractivity contribution is -0.138. The van der Waals surface area contributed by atoms with E-state index in [2.05, 4.69) is 0 Å². The van der Waals surface area contributed by atoms with Crippen LogP contribution in [0.5, 0.6) is 0 Å². The maximum atomic E-state index is 12.1. The van der Waals surface area contributed by atoms with Crippen molar-refractivity contribution < 1.29 is 28.9 Å². The van der Waals surface area contributed by atoms with Gasteiger partial charge in [-0.05, 0) is 58.9 Å². The lowest BCUT2D eigenvalue weighted by Crippen LogP contribution is -2.26. The Kier molecular flexibility index (Phi) is 11.9. The molecule has 2 unspecified atom stereocenters. The maximum absolute atomic E-state index is 12.1. The minimum Gasteiger partial charge on any atom is -0.616 e. The molecule has 26 heavy (non-hydrogen) atoms. The molecule has 0 bridgehead atoms. The second-order valence-electron chi connectivity index (χ2n) is 8.31. The fourth-order valence-corrected chi connectivity index (χ4v) is 5.77. The van der Waals surface area contributed by atoms with Gasteiger partial charge in [-0.3, -0.25) is 9.59 Å². The van der Waals surface area contributed by atoms with E-state index in [1.54, 1.807) is 0 Å². The smallest absolute Gasteiger partial charge is 0.303 e. The summed E-state index contributed by atoms with van der Waals surface area (Å²) >= 11 is -2.11. The van der Waals surface area contributed by atoms with Crippen LogP contribution in [0.4, 0.5) is 0 Å². The van der Waals surface area contributed by atoms with E-state index in [1.807, 2.05) is 27.7 Å². The predicted octanol–water partition coefficient (Wildman–Crippen LogP) is 3.05. The Labute approximate surface area is 163 Å². The first kappa shape index (κ1) is 25.6. The molecule has 6 nitrogen and oxygen atoms in total. The molecule has 0 aliphatic heterocycles. The van der Waals surface area contributed by atoms with Gasteiger partial charge < -0.3 is 19.3 Å². The largest absolute Gasteiger partial charge is 0.616 e. The van der Waals surface area contributed by atoms with E-state index in [1.165, 1.54) is 0 Å². The van der Waals surface area contributed by atoms with Gasteiger partial charge in [-0.1, -0.05) is 27.7 Å². The van der Waals surface area contributed by atoms with Gasteiger partial charge in [0.25, 0.3) is 0 Å². The highest BCUT2D eigenvalue weighted by atomic mass is 32.2. The lowest BCUT2D eigenvalue weighted by Gasteiger charge is -2.25. The molecule has 0 aromatic rings. The maximum Gasteiger partial charge on any atom is 0.303 e. The molecule has 0 radical (unpaired) electrons. The van der Waals surface area contributed by atoms with E-state index in [-0.39, 0.29) is 23.7 Å². The van der Waals surface area contributed by atoms with Crippen LogP contribution in [-0.2, 0) is 31.9 Å². The lowest BCUT2D eigenvalue weighted by atomic mass is 9.85. The summed E-state index contributed by atoms with van der Waals surface area (Å²) in [7, 11) is 0. The second-order valence-corrected chi connectivity index (χ2v) is 11.7. The van der Waals surface area contributed by atoms with E-state index in [9.17, 15) is 18.7 Å². The summed E-state index contributed by atoms with van der Waals surface area (Å²) in [4.78, 5) is 21.3. The van der Waals surface area contributed by atoms with Crippen molar-refractivity contribution in [1.82, 2.24) is 0 Å². The van der Waals surface area contributed by atoms with Crippen molar-refractivity contribution in [3.8, 4) is 0 Å². The van der Waals surface area contributed by atoms with E-state index in [4.69, 9.17) is 10.2 Å². The van der Waals surface area contributed by atoms with Crippen LogP contribution in [0.15, 0.2) is 0 Å². The Hall–Kier alpha value is -0.440. The van der Waals surface area contributed by atoms with Crippen LogP contribution >= 0.6 is 0 Å². The standard InChI is InChI=1S/C18H34O6S2/c1-17(2,7-5-15(19)20)9-11-25(23)13-14-26(24)12-10-18(3,4)8-6-16(21)22/h5-14H2,1-4H3,(H,19,20)(H,21,22). The Morgan fingerprint density at radius 2 is 1.00 bits per heavy atom. The van der Waals surface area contributed by atoms with Gasteiger partial charge >= 0.3 is 11.9 Å². The number of hydrogen-bond acceptors (Lipinski definition) is 4. The molecule has 0 aromatic heterocycles. The first-order chi connectivity index (χ1) is 11.8. The topological polar surface area (TPSA) is 121 Å². The highest BCUT2D eigenvalue weighted by molar-refractivity contribution is 7.95. The van der Waals surface area contributed by atoms with Crippen molar-refractivity contribution >= 4 is 34.3 Å². The summed E-state index contributed by atoms with van der Waals surface area (Å²) in [5, 5.41) is 17.5. The van der Waals surface area contributed by atoms with Gasteiger partial charge in [-0.25, -0.2) is 0 Å². The van der Waals surface area contributed by atoms with E-state index in [0.717, 1.165) is 0 Å². The third-order valence-electron chi connectivity index (χ3n) is 4.58. The molecule has 0 aliphatic rings. The molecule has 8 heteroatoms. The fourth-order valence-electron chi connectivity index (χ4n) is 2.31. The zero-order chi connectivity index (χ0) is 20.4. The first-order valence-corrected chi connectivity index (χ1v) is 11.9. The van der Waals surface area contributed by atoms with Crippen LogP contribution in [-0.4, -0.2) is 54.3 Å². The SMILES string of the molecule is CC(C)(CCC(=O)O)CC[S+]([O-])CC[S+]([O-])CCC(C)(C)CCC(=O)O. The number of carboxylic acids is 2. The monoisotopic (exact) mass is 410 g/mol. The van der Waals surface area contributed by atoms with Crippen LogP contribution in [0.1, 0.15) is 66.2 Å². The molecule has 0 amide bonds. The van der Waals surface area contributed by atoms with Crippen LogP contribution < -0.4 is 0 Å². The molecular weight excluding hydrogens is 376 g/mol. The van der Waals surface area contributed by atoms with Crippen molar-refractivity contribution in [2.24, 2.45) is 10.8 Å². The Bertz CT molecular complexity index is 399. The summed E-state index contributed by atoms with van der Waals surface area (Å²) in [5.74, 6) is 0.123. The second kappa shape index (κ2) is 12.1. The zero-order valence-corrected chi connectivity index (χ0v) is 18.0. The molecule has 2 atom stereocenters. The number of carboxylic acid groups (broad SMARTS) is 2. The third kappa shape index (κ3) is 14.7. The molecule has 2 N–H and O–H groups in total. The van der Waals surface area contributed by atoms with Gasteiger partial charge in [0, 0.05) is 12.8 Å². The third-order valence-corrected chi connectivity index (χ3v) is 7.48. The summed E-state index contributed by atoms with van der Waals surface area (Å²) in [5.41, 5.74) is -0.331. The summed E-state index contributed by atoms with van der Waals surface area (Å²) in [6.07, 6.45) is 2.69. The average molecular weight is 411 g/mol. The normalized spacial score (nSPS) is 14.8. The highest BCUT2D eigenvalue weighted by Crippen LogP contribution is 2.28. The zero-order valence-electron chi connectivity index (χ0n) is 16.4. The summed E-state index contributed by atoms with van der Waals surface area (Å²) in [6, 6.07) is 0. The first-order valence-electron chi connectivity index (χ1n) is 8.96. The quantitative estimate of drug-likeness (QED) is 0.400. The number of hydrogen-bond donors (Lipinski definition) is 2. The van der Waals surface area contributed by atoms with E-state index in [0.29, 0.717) is 48.7 Å². The van der Waals surface area contributed by atoms with Crippen molar-refractivity contribution in [2.75, 3.05) is 23.0 Å². The fraction of sp³-hybridized carbons (Fsp3) is 0.889. The minimum atomic E-state index is -1.05. The average Bonchev–Trinajstić information content (AvgIpc) is 2.53. The van der Waals surface area contributed by atoms with Crippen LogP contribution in [0.3, 0.4) is 0 Å². The highest BCUT2D eigenvalue weighted by Gasteiger charge is 2.25. The van der Waals surface area contributed by atoms with Gasteiger partial charge in [-0.15, -0.1) is 0 Å². The molecule has 0 saturated heterocycles. The van der Waals surface area contributed by atoms with Gasteiger partial charge in [0.05, 0.1) is 0 Å². The Morgan fingerprint density at radius 3 is 1.27 bits per heavy atom. The van der Waals surface area contributed by atoms with Crippen LogP contribution in [0, 0.1) is 10.8 Å². The van der Waals surface area contributed by atoms with Gasteiger partial charge in [0.2, 0.25) is 0 Å². The summed E-state index contributed by atoms with van der Waals surface area (Å²) < 4.78 is 24.2. The number of aliphatic carboxylic acids is 2. The molecule has 0 spiro atoms.